The lowest BCUT2D eigenvalue weighted by atomic mass is 10.2. The summed E-state index contributed by atoms with van der Waals surface area (Å²) in [6, 6.07) is 6.66. The topological polar surface area (TPSA) is 106 Å². The fourth-order valence-electron chi connectivity index (χ4n) is 2.35. The summed E-state index contributed by atoms with van der Waals surface area (Å²) < 4.78 is 32.5. The third-order valence-corrected chi connectivity index (χ3v) is 5.19. The highest BCUT2D eigenvalue weighted by Gasteiger charge is 2.20. The van der Waals surface area contributed by atoms with Crippen molar-refractivity contribution >= 4 is 40.0 Å². The van der Waals surface area contributed by atoms with Crippen LogP contribution in [0.15, 0.2) is 34.2 Å². The van der Waals surface area contributed by atoms with Gasteiger partial charge in [0, 0.05) is 19.7 Å². The first kappa shape index (κ1) is 22.1. The highest BCUT2D eigenvalue weighted by Crippen LogP contribution is 2.14. The van der Waals surface area contributed by atoms with Gasteiger partial charge in [-0.1, -0.05) is 19.1 Å². The zero-order valence-corrected chi connectivity index (χ0v) is 17.5. The molecule has 1 aromatic carbocycles. The molecule has 1 aliphatic heterocycles. The lowest BCUT2D eigenvalue weighted by Crippen LogP contribution is -2.32. The molecule has 9 heteroatoms. The fourth-order valence-corrected chi connectivity index (χ4v) is 3.42. The minimum absolute atomic E-state index is 0. The summed E-state index contributed by atoms with van der Waals surface area (Å²) in [6.45, 7) is 4.26. The molecule has 1 aromatic rings. The number of hydrogen-bond donors (Lipinski definition) is 3. The smallest absolute Gasteiger partial charge is 0.240 e. The SMILES string of the molecule is CCCNC(N)=NCc1ccc(S(=O)(=O)NCC2CCCO2)cc1.I. The number of nitrogens with two attached hydrogens (primary N) is 1. The van der Waals surface area contributed by atoms with Crippen LogP contribution in [0.5, 0.6) is 0 Å². The van der Waals surface area contributed by atoms with Crippen molar-refractivity contribution in [2.45, 2.75) is 43.7 Å². The number of guanidine groups is 1. The molecule has 0 amide bonds. The van der Waals surface area contributed by atoms with Gasteiger partial charge in [-0.15, -0.1) is 24.0 Å². The van der Waals surface area contributed by atoms with Gasteiger partial charge in [-0.25, -0.2) is 18.1 Å². The van der Waals surface area contributed by atoms with Crippen LogP contribution in [0, 0.1) is 0 Å². The Morgan fingerprint density at radius 1 is 1.36 bits per heavy atom. The molecule has 1 unspecified atom stereocenters. The highest BCUT2D eigenvalue weighted by atomic mass is 127. The molecular weight excluding hydrogens is 455 g/mol. The highest BCUT2D eigenvalue weighted by molar-refractivity contribution is 14.0. The van der Waals surface area contributed by atoms with Gasteiger partial charge in [0.1, 0.15) is 0 Å². The zero-order valence-electron chi connectivity index (χ0n) is 14.4. The molecule has 0 aliphatic carbocycles. The Morgan fingerprint density at radius 3 is 2.68 bits per heavy atom. The van der Waals surface area contributed by atoms with E-state index >= 15 is 0 Å². The molecule has 4 N–H and O–H groups in total. The first-order chi connectivity index (χ1) is 11.5. The van der Waals surface area contributed by atoms with Crippen molar-refractivity contribution in [1.82, 2.24) is 10.0 Å². The van der Waals surface area contributed by atoms with Crippen molar-refractivity contribution < 1.29 is 13.2 Å². The Morgan fingerprint density at radius 2 is 2.08 bits per heavy atom. The predicted octanol–water partition coefficient (Wildman–Crippen LogP) is 1.58. The van der Waals surface area contributed by atoms with Gasteiger partial charge in [-0.3, -0.25) is 0 Å². The normalized spacial score (nSPS) is 18.0. The van der Waals surface area contributed by atoms with Crippen molar-refractivity contribution in [3.05, 3.63) is 29.8 Å². The van der Waals surface area contributed by atoms with Crippen LogP contribution in [-0.2, 0) is 21.3 Å². The lowest BCUT2D eigenvalue weighted by Gasteiger charge is -2.11. The van der Waals surface area contributed by atoms with E-state index < -0.39 is 10.0 Å². The standard InChI is InChI=1S/C16H26N4O3S.HI/c1-2-9-18-16(17)19-11-13-5-7-15(8-6-13)24(21,22)20-12-14-4-3-10-23-14;/h5-8,14,20H,2-4,9-12H2,1H3,(H3,17,18,19);1H. The van der Waals surface area contributed by atoms with Crippen LogP contribution in [0.4, 0.5) is 0 Å². The van der Waals surface area contributed by atoms with E-state index in [-0.39, 0.29) is 35.0 Å². The van der Waals surface area contributed by atoms with E-state index in [0.717, 1.165) is 31.4 Å². The van der Waals surface area contributed by atoms with Gasteiger partial charge in [-0.05, 0) is 37.0 Å². The van der Waals surface area contributed by atoms with Crippen molar-refractivity contribution in [2.24, 2.45) is 10.7 Å². The average molecular weight is 482 g/mol. The fraction of sp³-hybridized carbons (Fsp3) is 0.562. The molecule has 7 nitrogen and oxygen atoms in total. The first-order valence-electron chi connectivity index (χ1n) is 8.25. The Bertz CT molecular complexity index is 644. The Labute approximate surface area is 166 Å². The van der Waals surface area contributed by atoms with Crippen molar-refractivity contribution in [1.29, 1.82) is 0 Å². The van der Waals surface area contributed by atoms with Crippen LogP contribution in [0.1, 0.15) is 31.7 Å². The number of nitrogens with zero attached hydrogens (tertiary/aromatic N) is 1. The van der Waals surface area contributed by atoms with Crippen LogP contribution in [0.25, 0.3) is 0 Å². The van der Waals surface area contributed by atoms with Crippen LogP contribution in [0.3, 0.4) is 0 Å². The summed E-state index contributed by atoms with van der Waals surface area (Å²) in [7, 11) is -3.51. The number of sulfonamides is 1. The first-order valence-corrected chi connectivity index (χ1v) is 9.73. The summed E-state index contributed by atoms with van der Waals surface area (Å²) in [5, 5.41) is 2.99. The lowest BCUT2D eigenvalue weighted by molar-refractivity contribution is 0.114. The number of rotatable bonds is 8. The quantitative estimate of drug-likeness (QED) is 0.297. The van der Waals surface area contributed by atoms with E-state index in [1.54, 1.807) is 24.3 Å². The average Bonchev–Trinajstić information content (AvgIpc) is 3.10. The molecular formula is C16H27IN4O3S. The van der Waals surface area contributed by atoms with Crippen LogP contribution in [-0.4, -0.2) is 40.2 Å². The summed E-state index contributed by atoms with van der Waals surface area (Å²) in [4.78, 5) is 4.46. The number of benzene rings is 1. The van der Waals surface area contributed by atoms with E-state index in [2.05, 4.69) is 15.0 Å². The maximum Gasteiger partial charge on any atom is 0.240 e. The molecule has 1 heterocycles. The molecule has 142 valence electrons. The molecule has 0 spiro atoms. The van der Waals surface area contributed by atoms with E-state index in [9.17, 15) is 8.42 Å². The molecule has 0 radical (unpaired) electrons. The Balaban J connectivity index is 0.00000312. The van der Waals surface area contributed by atoms with E-state index in [1.807, 2.05) is 6.92 Å². The number of hydrogen-bond acceptors (Lipinski definition) is 4. The van der Waals surface area contributed by atoms with E-state index in [1.165, 1.54) is 0 Å². The third kappa shape index (κ3) is 7.47. The Kier molecular flexibility index (Phi) is 9.69. The molecule has 0 saturated carbocycles. The summed E-state index contributed by atoms with van der Waals surface area (Å²) in [6.07, 6.45) is 2.83. The van der Waals surface area contributed by atoms with Gasteiger partial charge >= 0.3 is 0 Å². The van der Waals surface area contributed by atoms with Gasteiger partial charge in [0.05, 0.1) is 17.5 Å². The van der Waals surface area contributed by atoms with Gasteiger partial charge in [0.25, 0.3) is 0 Å². The molecule has 1 aliphatic rings. The van der Waals surface area contributed by atoms with E-state index in [0.29, 0.717) is 25.7 Å². The number of nitrogens with one attached hydrogen (secondary N) is 2. The van der Waals surface area contributed by atoms with Gasteiger partial charge < -0.3 is 15.8 Å². The number of ether oxygens (including phenoxy) is 1. The molecule has 1 saturated heterocycles. The minimum Gasteiger partial charge on any atom is -0.377 e. The summed E-state index contributed by atoms with van der Waals surface area (Å²) in [5.74, 6) is 0.395. The largest absolute Gasteiger partial charge is 0.377 e. The predicted molar refractivity (Wildman–Crippen MR) is 110 cm³/mol. The zero-order chi connectivity index (χ0) is 17.4. The van der Waals surface area contributed by atoms with Gasteiger partial charge in [-0.2, -0.15) is 0 Å². The molecule has 0 aromatic heterocycles. The number of halogens is 1. The molecule has 2 rings (SSSR count). The second-order valence-electron chi connectivity index (χ2n) is 5.76. The summed E-state index contributed by atoms with van der Waals surface area (Å²) >= 11 is 0. The van der Waals surface area contributed by atoms with Gasteiger partial charge in [0.2, 0.25) is 10.0 Å². The van der Waals surface area contributed by atoms with Crippen LogP contribution < -0.4 is 15.8 Å². The second kappa shape index (κ2) is 10.9. The number of aliphatic imine (C=N–C) groups is 1. The van der Waals surface area contributed by atoms with Crippen molar-refractivity contribution in [3.63, 3.8) is 0 Å². The molecule has 0 bridgehead atoms. The third-order valence-electron chi connectivity index (χ3n) is 3.75. The Hall–Kier alpha value is -0.910. The monoisotopic (exact) mass is 482 g/mol. The van der Waals surface area contributed by atoms with E-state index in [4.69, 9.17) is 10.5 Å². The van der Waals surface area contributed by atoms with Crippen molar-refractivity contribution in [2.75, 3.05) is 19.7 Å². The van der Waals surface area contributed by atoms with Crippen LogP contribution >= 0.6 is 24.0 Å². The summed E-state index contributed by atoms with van der Waals surface area (Å²) in [5.41, 5.74) is 6.62. The maximum atomic E-state index is 12.3. The minimum atomic E-state index is -3.51. The molecule has 1 atom stereocenters. The molecule has 1 fully saturated rings. The van der Waals surface area contributed by atoms with Crippen LogP contribution in [0.2, 0.25) is 0 Å². The van der Waals surface area contributed by atoms with Crippen molar-refractivity contribution in [3.8, 4) is 0 Å². The second-order valence-corrected chi connectivity index (χ2v) is 7.53. The van der Waals surface area contributed by atoms with Gasteiger partial charge in [0.15, 0.2) is 5.96 Å². The molecule has 25 heavy (non-hydrogen) atoms. The maximum absolute atomic E-state index is 12.3.